The Labute approximate surface area is 181 Å². The van der Waals surface area contributed by atoms with E-state index in [0.717, 1.165) is 34.6 Å². The molecule has 0 spiro atoms. The molecule has 0 aromatic heterocycles. The first kappa shape index (κ1) is 21.1. The fourth-order valence-electron chi connectivity index (χ4n) is 5.30. The van der Waals surface area contributed by atoms with Gasteiger partial charge in [0, 0.05) is 10.9 Å². The SMILES string of the molecule is CCCCCC1CCC(CCc2cccc3c(F)c(-c4ccccc4)ccc23)CC1. The summed E-state index contributed by atoms with van der Waals surface area (Å²) >= 11 is 0. The molecule has 0 unspecified atom stereocenters. The number of unbranched alkanes of at least 4 members (excludes halogenated alkanes) is 2. The van der Waals surface area contributed by atoms with Gasteiger partial charge in [-0.3, -0.25) is 0 Å². The summed E-state index contributed by atoms with van der Waals surface area (Å²) in [4.78, 5) is 0. The summed E-state index contributed by atoms with van der Waals surface area (Å²) in [5, 5.41) is 1.84. The lowest BCUT2D eigenvalue weighted by Crippen LogP contribution is -2.15. The molecule has 0 N–H and O–H groups in total. The molecule has 0 nitrogen and oxygen atoms in total. The van der Waals surface area contributed by atoms with E-state index < -0.39 is 0 Å². The van der Waals surface area contributed by atoms with Gasteiger partial charge in [-0.05, 0) is 41.2 Å². The third-order valence-corrected chi connectivity index (χ3v) is 7.17. The molecule has 0 heterocycles. The summed E-state index contributed by atoms with van der Waals surface area (Å²) in [6, 6.07) is 20.1. The lowest BCUT2D eigenvalue weighted by molar-refractivity contribution is 0.249. The fourth-order valence-corrected chi connectivity index (χ4v) is 5.30. The normalized spacial score (nSPS) is 19.3. The Morgan fingerprint density at radius 3 is 2.20 bits per heavy atom. The van der Waals surface area contributed by atoms with Crippen LogP contribution >= 0.6 is 0 Å². The lowest BCUT2D eigenvalue weighted by Gasteiger charge is -2.28. The molecule has 1 saturated carbocycles. The zero-order valence-electron chi connectivity index (χ0n) is 18.4. The van der Waals surface area contributed by atoms with Crippen LogP contribution in [0.3, 0.4) is 0 Å². The van der Waals surface area contributed by atoms with Gasteiger partial charge < -0.3 is 0 Å². The van der Waals surface area contributed by atoms with E-state index >= 15 is 4.39 Å². The highest BCUT2D eigenvalue weighted by atomic mass is 19.1. The molecule has 0 bridgehead atoms. The molecule has 30 heavy (non-hydrogen) atoms. The third kappa shape index (κ3) is 4.94. The monoisotopic (exact) mass is 402 g/mol. The van der Waals surface area contributed by atoms with Gasteiger partial charge in [-0.15, -0.1) is 0 Å². The van der Waals surface area contributed by atoms with Gasteiger partial charge in [-0.1, -0.05) is 119 Å². The molecule has 1 fully saturated rings. The predicted molar refractivity (Wildman–Crippen MR) is 127 cm³/mol. The van der Waals surface area contributed by atoms with E-state index in [4.69, 9.17) is 0 Å². The van der Waals surface area contributed by atoms with Crippen LogP contribution in [0.2, 0.25) is 0 Å². The fraction of sp³-hybridized carbons (Fsp3) is 0.448. The summed E-state index contributed by atoms with van der Waals surface area (Å²) in [5.41, 5.74) is 2.94. The third-order valence-electron chi connectivity index (χ3n) is 7.17. The van der Waals surface area contributed by atoms with Crippen LogP contribution < -0.4 is 0 Å². The standard InChI is InChI=1S/C29H35F/c1-2-3-5-9-22-14-16-23(17-15-22)18-19-25-12-8-13-28-26(25)20-21-27(29(28)30)24-10-6-4-7-11-24/h4,6-8,10-13,20-23H,2-3,5,9,14-19H2,1H3. The minimum Gasteiger partial charge on any atom is -0.206 e. The van der Waals surface area contributed by atoms with Gasteiger partial charge in [-0.25, -0.2) is 4.39 Å². The Morgan fingerprint density at radius 1 is 0.733 bits per heavy atom. The topological polar surface area (TPSA) is 0 Å². The molecule has 0 saturated heterocycles. The first-order valence-corrected chi connectivity index (χ1v) is 12.0. The highest BCUT2D eigenvalue weighted by Gasteiger charge is 2.21. The van der Waals surface area contributed by atoms with Crippen LogP contribution in [0.25, 0.3) is 21.9 Å². The van der Waals surface area contributed by atoms with Crippen molar-refractivity contribution in [3.63, 3.8) is 0 Å². The number of hydrogen-bond acceptors (Lipinski definition) is 0. The Bertz CT molecular complexity index is 935. The summed E-state index contributed by atoms with van der Waals surface area (Å²) in [6.07, 6.45) is 13.5. The van der Waals surface area contributed by atoms with Gasteiger partial charge in [0.2, 0.25) is 0 Å². The number of fused-ring (bicyclic) bond motifs is 1. The van der Waals surface area contributed by atoms with Gasteiger partial charge >= 0.3 is 0 Å². The second kappa shape index (κ2) is 10.2. The van der Waals surface area contributed by atoms with Crippen LogP contribution in [0.1, 0.15) is 70.3 Å². The van der Waals surface area contributed by atoms with Gasteiger partial charge in [0.25, 0.3) is 0 Å². The molecule has 158 valence electrons. The molecule has 4 rings (SSSR count). The first-order valence-electron chi connectivity index (χ1n) is 12.0. The maximum absolute atomic E-state index is 15.3. The molecular formula is C29H35F. The molecular weight excluding hydrogens is 367 g/mol. The summed E-state index contributed by atoms with van der Waals surface area (Å²) in [6.45, 7) is 2.29. The minimum atomic E-state index is -0.0897. The van der Waals surface area contributed by atoms with Crippen LogP contribution in [0.15, 0.2) is 60.7 Å². The number of benzene rings is 3. The van der Waals surface area contributed by atoms with Crippen molar-refractivity contribution >= 4 is 10.8 Å². The molecule has 1 aliphatic rings. The van der Waals surface area contributed by atoms with Crippen molar-refractivity contribution in [1.29, 1.82) is 0 Å². The van der Waals surface area contributed by atoms with E-state index in [1.165, 1.54) is 63.4 Å². The van der Waals surface area contributed by atoms with Crippen LogP contribution in [-0.2, 0) is 6.42 Å². The molecule has 1 heteroatoms. The predicted octanol–water partition coefficient (Wildman–Crippen LogP) is 8.97. The number of halogens is 1. The zero-order chi connectivity index (χ0) is 20.8. The van der Waals surface area contributed by atoms with Gasteiger partial charge in [0.1, 0.15) is 5.82 Å². The van der Waals surface area contributed by atoms with E-state index in [2.05, 4.69) is 19.1 Å². The van der Waals surface area contributed by atoms with E-state index in [9.17, 15) is 0 Å². The largest absolute Gasteiger partial charge is 0.206 e. The molecule has 0 radical (unpaired) electrons. The van der Waals surface area contributed by atoms with Gasteiger partial charge in [0.15, 0.2) is 0 Å². The maximum Gasteiger partial charge on any atom is 0.138 e. The minimum absolute atomic E-state index is 0.0897. The van der Waals surface area contributed by atoms with E-state index in [1.54, 1.807) is 0 Å². The summed E-state index contributed by atoms with van der Waals surface area (Å²) < 4.78 is 15.3. The number of hydrogen-bond donors (Lipinski definition) is 0. The Kier molecular flexibility index (Phi) is 7.20. The summed E-state index contributed by atoms with van der Waals surface area (Å²) in [5.74, 6) is 1.72. The molecule has 1 aliphatic carbocycles. The average molecular weight is 403 g/mol. The maximum atomic E-state index is 15.3. The smallest absolute Gasteiger partial charge is 0.138 e. The van der Waals surface area contributed by atoms with Crippen molar-refractivity contribution in [3.8, 4) is 11.1 Å². The number of rotatable bonds is 8. The van der Waals surface area contributed by atoms with Gasteiger partial charge in [-0.2, -0.15) is 0 Å². The molecule has 0 atom stereocenters. The van der Waals surface area contributed by atoms with E-state index in [0.29, 0.717) is 5.56 Å². The van der Waals surface area contributed by atoms with Crippen molar-refractivity contribution in [2.75, 3.05) is 0 Å². The molecule has 0 amide bonds. The highest BCUT2D eigenvalue weighted by Crippen LogP contribution is 2.36. The van der Waals surface area contributed by atoms with Gasteiger partial charge in [0.05, 0.1) is 0 Å². The van der Waals surface area contributed by atoms with Crippen molar-refractivity contribution in [2.45, 2.75) is 71.1 Å². The summed E-state index contributed by atoms with van der Waals surface area (Å²) in [7, 11) is 0. The average Bonchev–Trinajstić information content (AvgIpc) is 2.80. The van der Waals surface area contributed by atoms with Crippen molar-refractivity contribution in [3.05, 3.63) is 72.0 Å². The second-order valence-electron chi connectivity index (χ2n) is 9.23. The zero-order valence-corrected chi connectivity index (χ0v) is 18.4. The highest BCUT2D eigenvalue weighted by molar-refractivity contribution is 5.90. The van der Waals surface area contributed by atoms with Crippen LogP contribution in [0.4, 0.5) is 4.39 Å². The quantitative estimate of drug-likeness (QED) is 0.330. The molecule has 3 aromatic carbocycles. The Balaban J connectivity index is 1.41. The molecule has 3 aromatic rings. The second-order valence-corrected chi connectivity index (χ2v) is 9.23. The van der Waals surface area contributed by atoms with Crippen molar-refractivity contribution in [2.24, 2.45) is 11.8 Å². The van der Waals surface area contributed by atoms with E-state index in [1.807, 2.05) is 48.5 Å². The van der Waals surface area contributed by atoms with Crippen molar-refractivity contribution in [1.82, 2.24) is 0 Å². The van der Waals surface area contributed by atoms with Crippen LogP contribution in [0.5, 0.6) is 0 Å². The first-order chi connectivity index (χ1) is 14.8. The van der Waals surface area contributed by atoms with Crippen LogP contribution in [0, 0.1) is 17.7 Å². The molecule has 0 aliphatic heterocycles. The van der Waals surface area contributed by atoms with Crippen molar-refractivity contribution < 1.29 is 4.39 Å². The lowest BCUT2D eigenvalue weighted by atomic mass is 9.77. The number of aryl methyl sites for hydroxylation is 1. The Hall–Kier alpha value is -2.15. The van der Waals surface area contributed by atoms with E-state index in [-0.39, 0.29) is 5.82 Å². The Morgan fingerprint density at radius 2 is 1.47 bits per heavy atom. The van der Waals surface area contributed by atoms with Crippen LogP contribution in [-0.4, -0.2) is 0 Å².